The van der Waals surface area contributed by atoms with Crippen LogP contribution in [-0.2, 0) is 18.9 Å². The molecule has 11 heteroatoms. The van der Waals surface area contributed by atoms with Gasteiger partial charge in [0, 0.05) is 19.1 Å². The minimum Gasteiger partial charge on any atom is -0.384 e. The average Bonchev–Trinajstić information content (AvgIpc) is 2.67. The second-order valence-corrected chi connectivity index (χ2v) is 7.62. The van der Waals surface area contributed by atoms with E-state index >= 15 is 0 Å². The van der Waals surface area contributed by atoms with Gasteiger partial charge in [0.15, 0.2) is 5.78 Å². The van der Waals surface area contributed by atoms with Gasteiger partial charge < -0.3 is 11.1 Å². The zero-order chi connectivity index (χ0) is 22.6. The Bertz CT molecular complexity index is 1090. The van der Waals surface area contributed by atoms with Gasteiger partial charge in [0.05, 0.1) is 23.8 Å². The third-order valence-electron chi connectivity index (χ3n) is 4.47. The summed E-state index contributed by atoms with van der Waals surface area (Å²) >= 11 is 11.9. The van der Waals surface area contributed by atoms with E-state index in [9.17, 15) is 19.2 Å². The molecule has 1 aromatic heterocycles. The molecule has 1 amide bonds. The summed E-state index contributed by atoms with van der Waals surface area (Å²) in [6, 6.07) is 4.67. The molecule has 2 aromatic rings. The lowest BCUT2D eigenvalue weighted by atomic mass is 10.1. The highest BCUT2D eigenvalue weighted by molar-refractivity contribution is 6.36. The Morgan fingerprint density at radius 1 is 1.13 bits per heavy atom. The molecule has 162 valence electrons. The lowest BCUT2D eigenvalue weighted by Crippen LogP contribution is -2.44. The number of benzene rings is 1. The first-order valence-electron chi connectivity index (χ1n) is 9.12. The summed E-state index contributed by atoms with van der Waals surface area (Å²) in [5.41, 5.74) is 4.56. The minimum atomic E-state index is -0.769. The molecule has 3 N–H and O–H groups in total. The molecule has 1 heterocycles. The number of halogens is 2. The number of nitrogen functional groups attached to an aromatic ring is 1. The predicted octanol–water partition coefficient (Wildman–Crippen LogP) is 1.51. The SMILES string of the molecule is CCCN(CC(=O)Nc1ccc(Cl)cc1Cl)CC(=O)c1c(N)n(C)c(=O)n(C)c1=O. The van der Waals surface area contributed by atoms with E-state index in [1.54, 1.807) is 17.0 Å². The molecule has 1 aromatic carbocycles. The Morgan fingerprint density at radius 2 is 1.80 bits per heavy atom. The Morgan fingerprint density at radius 3 is 2.40 bits per heavy atom. The van der Waals surface area contributed by atoms with Crippen molar-refractivity contribution in [2.75, 3.05) is 30.7 Å². The molecule has 0 spiro atoms. The number of aromatic nitrogens is 2. The summed E-state index contributed by atoms with van der Waals surface area (Å²) in [5, 5.41) is 3.39. The normalized spacial score (nSPS) is 11.0. The summed E-state index contributed by atoms with van der Waals surface area (Å²) in [4.78, 5) is 51.2. The maximum atomic E-state index is 12.8. The molecule has 30 heavy (non-hydrogen) atoms. The van der Waals surface area contributed by atoms with Crippen LogP contribution in [0.4, 0.5) is 11.5 Å². The molecule has 0 atom stereocenters. The zero-order valence-corrected chi connectivity index (χ0v) is 18.4. The number of carbonyl (C=O) groups is 2. The molecule has 0 aliphatic carbocycles. The summed E-state index contributed by atoms with van der Waals surface area (Å²) in [6.45, 7) is 2.00. The fourth-order valence-electron chi connectivity index (χ4n) is 2.92. The maximum Gasteiger partial charge on any atom is 0.332 e. The van der Waals surface area contributed by atoms with Crippen LogP contribution in [0.3, 0.4) is 0 Å². The van der Waals surface area contributed by atoms with E-state index in [4.69, 9.17) is 28.9 Å². The van der Waals surface area contributed by atoms with E-state index in [0.717, 1.165) is 9.13 Å². The van der Waals surface area contributed by atoms with Gasteiger partial charge >= 0.3 is 5.69 Å². The zero-order valence-electron chi connectivity index (χ0n) is 16.9. The minimum absolute atomic E-state index is 0.107. The predicted molar refractivity (Wildman–Crippen MR) is 117 cm³/mol. The van der Waals surface area contributed by atoms with Crippen molar-refractivity contribution in [2.24, 2.45) is 14.1 Å². The number of amides is 1. The molecule has 0 aliphatic heterocycles. The van der Waals surface area contributed by atoms with Crippen molar-refractivity contribution in [3.8, 4) is 0 Å². The van der Waals surface area contributed by atoms with Gasteiger partial charge in [-0.2, -0.15) is 0 Å². The monoisotopic (exact) mass is 455 g/mol. The van der Waals surface area contributed by atoms with Gasteiger partial charge in [0.1, 0.15) is 11.4 Å². The van der Waals surface area contributed by atoms with Gasteiger partial charge in [0.2, 0.25) is 5.91 Å². The number of Topliss-reactive ketones (excluding diaryl/α,β-unsaturated/α-hetero) is 1. The van der Waals surface area contributed by atoms with Gasteiger partial charge in [-0.1, -0.05) is 30.1 Å². The average molecular weight is 456 g/mol. The van der Waals surface area contributed by atoms with Crippen LogP contribution in [0.1, 0.15) is 23.7 Å². The van der Waals surface area contributed by atoms with Gasteiger partial charge in [-0.3, -0.25) is 28.4 Å². The van der Waals surface area contributed by atoms with E-state index in [0.29, 0.717) is 23.7 Å². The number of hydrogen-bond donors (Lipinski definition) is 2. The number of nitrogens with one attached hydrogen (secondary N) is 1. The molecule has 0 unspecified atom stereocenters. The summed E-state index contributed by atoms with van der Waals surface area (Å²) in [6.07, 6.45) is 0.670. The number of nitrogens with two attached hydrogens (primary N) is 1. The molecule has 9 nitrogen and oxygen atoms in total. The Hall–Kier alpha value is -2.62. The van der Waals surface area contributed by atoms with Crippen LogP contribution < -0.4 is 22.3 Å². The summed E-state index contributed by atoms with van der Waals surface area (Å²) in [7, 11) is 2.65. The van der Waals surface area contributed by atoms with Gasteiger partial charge in [0.25, 0.3) is 5.56 Å². The summed E-state index contributed by atoms with van der Waals surface area (Å²) in [5.74, 6) is -1.17. The first kappa shape index (κ1) is 23.7. The summed E-state index contributed by atoms with van der Waals surface area (Å²) < 4.78 is 1.86. The van der Waals surface area contributed by atoms with Crippen LogP contribution in [0.2, 0.25) is 10.0 Å². The molecule has 0 saturated heterocycles. The van der Waals surface area contributed by atoms with E-state index in [2.05, 4.69) is 5.32 Å². The van der Waals surface area contributed by atoms with E-state index < -0.39 is 17.0 Å². The third-order valence-corrected chi connectivity index (χ3v) is 5.02. The fourth-order valence-corrected chi connectivity index (χ4v) is 3.37. The highest BCUT2D eigenvalue weighted by atomic mass is 35.5. The number of ketones is 1. The van der Waals surface area contributed by atoms with Crippen molar-refractivity contribution >= 4 is 46.4 Å². The quantitative estimate of drug-likeness (QED) is 0.582. The van der Waals surface area contributed by atoms with Crippen LogP contribution in [-0.4, -0.2) is 45.4 Å². The maximum absolute atomic E-state index is 12.8. The Balaban J connectivity index is 2.19. The second kappa shape index (κ2) is 9.92. The van der Waals surface area contributed by atoms with E-state index in [1.165, 1.54) is 20.2 Å². The number of rotatable bonds is 8. The topological polar surface area (TPSA) is 119 Å². The first-order chi connectivity index (χ1) is 14.1. The highest BCUT2D eigenvalue weighted by Crippen LogP contribution is 2.25. The fraction of sp³-hybridized carbons (Fsp3) is 0.368. The molecule has 0 saturated carbocycles. The van der Waals surface area contributed by atoms with E-state index in [1.807, 2.05) is 6.92 Å². The van der Waals surface area contributed by atoms with Crippen LogP contribution >= 0.6 is 23.2 Å². The van der Waals surface area contributed by atoms with Gasteiger partial charge in [-0.15, -0.1) is 0 Å². The molecular formula is C19H23Cl2N5O4. The highest BCUT2D eigenvalue weighted by Gasteiger charge is 2.23. The molecule has 2 rings (SSSR count). The largest absolute Gasteiger partial charge is 0.384 e. The van der Waals surface area contributed by atoms with E-state index in [-0.39, 0.29) is 35.4 Å². The lowest BCUT2D eigenvalue weighted by molar-refractivity contribution is -0.117. The molecule has 0 radical (unpaired) electrons. The number of hydrogen-bond acceptors (Lipinski definition) is 6. The van der Waals surface area contributed by atoms with Crippen molar-refractivity contribution in [3.05, 3.63) is 54.6 Å². The van der Waals surface area contributed by atoms with Crippen molar-refractivity contribution < 1.29 is 9.59 Å². The van der Waals surface area contributed by atoms with Crippen molar-refractivity contribution in [1.29, 1.82) is 0 Å². The smallest absolute Gasteiger partial charge is 0.332 e. The Labute approximate surface area is 183 Å². The first-order valence-corrected chi connectivity index (χ1v) is 9.88. The molecular weight excluding hydrogens is 433 g/mol. The molecule has 0 bridgehead atoms. The van der Waals surface area contributed by atoms with Crippen molar-refractivity contribution in [2.45, 2.75) is 13.3 Å². The van der Waals surface area contributed by atoms with Crippen LogP contribution in [0.25, 0.3) is 0 Å². The van der Waals surface area contributed by atoms with Crippen LogP contribution in [0, 0.1) is 0 Å². The van der Waals surface area contributed by atoms with Crippen LogP contribution in [0.5, 0.6) is 0 Å². The van der Waals surface area contributed by atoms with Gasteiger partial charge in [-0.05, 0) is 31.2 Å². The lowest BCUT2D eigenvalue weighted by Gasteiger charge is -2.21. The standard InChI is InChI=1S/C19H23Cl2N5O4/c1-4-7-26(10-15(28)23-13-6-5-11(20)8-12(13)21)9-14(27)16-17(22)24(2)19(30)25(3)18(16)29/h5-6,8H,4,7,9-10,22H2,1-3H3,(H,23,28). The van der Waals surface area contributed by atoms with Gasteiger partial charge in [-0.25, -0.2) is 4.79 Å². The number of anilines is 2. The van der Waals surface area contributed by atoms with Crippen molar-refractivity contribution in [1.82, 2.24) is 14.0 Å². The second-order valence-electron chi connectivity index (χ2n) is 6.77. The number of carbonyl (C=O) groups excluding carboxylic acids is 2. The third kappa shape index (κ3) is 5.29. The van der Waals surface area contributed by atoms with Crippen LogP contribution in [0.15, 0.2) is 27.8 Å². The Kier molecular flexibility index (Phi) is 7.83. The van der Waals surface area contributed by atoms with Crippen molar-refractivity contribution in [3.63, 3.8) is 0 Å². The number of nitrogens with zero attached hydrogens (tertiary/aromatic N) is 3. The molecule has 0 fully saturated rings. The molecule has 0 aliphatic rings.